The van der Waals surface area contributed by atoms with Crippen LogP contribution in [0.5, 0.6) is 11.5 Å². The van der Waals surface area contributed by atoms with Crippen molar-refractivity contribution in [3.63, 3.8) is 0 Å². The molecular weight excluding hydrogens is 803 g/mol. The van der Waals surface area contributed by atoms with E-state index in [2.05, 4.69) is 54.0 Å². The molecule has 5 unspecified atom stereocenters. The van der Waals surface area contributed by atoms with Crippen LogP contribution < -0.4 is 20.3 Å². The number of aromatic nitrogens is 4. The number of rotatable bonds is 19. The number of fused-ring (bicyclic) bond motifs is 1. The van der Waals surface area contributed by atoms with Crippen molar-refractivity contribution in [2.24, 2.45) is 17.8 Å². The normalized spacial score (nSPS) is 18.6. The largest absolute Gasteiger partial charge is 0.497 e. The Morgan fingerprint density at radius 2 is 1.54 bits per heavy atom. The number of amides is 1. The topological polar surface area (TPSA) is 172 Å². The SMILES string of the molecule is COc1ccc(C(OCC2OC(n3cnc4c(=O)[nH]c(NC(=O)C(C)C)nc43)C(F)C2OP(OCCC#N)C(C(C)C)C(C)C)(c2ccccc2)c2ccc(OC)cc2)cc1. The number of H-pyrrole nitrogens is 1. The number of carbonyl (C=O) groups is 1. The van der Waals surface area contributed by atoms with E-state index in [1.807, 2.05) is 78.9 Å². The van der Waals surface area contributed by atoms with Crippen LogP contribution in [0.2, 0.25) is 0 Å². The molecule has 14 nitrogen and oxygen atoms in total. The van der Waals surface area contributed by atoms with E-state index >= 15 is 4.39 Å². The number of alkyl halides is 1. The summed E-state index contributed by atoms with van der Waals surface area (Å²) < 4.78 is 57.0. The van der Waals surface area contributed by atoms with Crippen molar-refractivity contribution in [2.75, 3.05) is 32.8 Å². The number of anilines is 1. The number of halogens is 1. The van der Waals surface area contributed by atoms with Gasteiger partial charge in [0.1, 0.15) is 29.3 Å². The van der Waals surface area contributed by atoms with Crippen LogP contribution in [0.3, 0.4) is 0 Å². The Morgan fingerprint density at radius 1 is 0.951 bits per heavy atom. The van der Waals surface area contributed by atoms with Gasteiger partial charge in [0.15, 0.2) is 31.9 Å². The van der Waals surface area contributed by atoms with Gasteiger partial charge in [-0.25, -0.2) is 9.37 Å². The van der Waals surface area contributed by atoms with Crippen LogP contribution in [0, 0.1) is 29.1 Å². The Morgan fingerprint density at radius 3 is 2.08 bits per heavy atom. The van der Waals surface area contributed by atoms with Gasteiger partial charge < -0.3 is 28.0 Å². The number of nitriles is 1. The molecule has 16 heteroatoms. The molecule has 2 N–H and O–H groups in total. The molecule has 1 fully saturated rings. The highest BCUT2D eigenvalue weighted by Crippen LogP contribution is 2.54. The Labute approximate surface area is 356 Å². The highest BCUT2D eigenvalue weighted by molar-refractivity contribution is 7.48. The van der Waals surface area contributed by atoms with Crippen molar-refractivity contribution >= 4 is 31.4 Å². The lowest BCUT2D eigenvalue weighted by atomic mass is 9.80. The summed E-state index contributed by atoms with van der Waals surface area (Å²) in [5.74, 6) is 0.589. The number of nitrogens with zero attached hydrogens (tertiary/aromatic N) is 4. The summed E-state index contributed by atoms with van der Waals surface area (Å²) in [6.07, 6.45) is -4.17. The van der Waals surface area contributed by atoms with Crippen molar-refractivity contribution in [1.82, 2.24) is 19.5 Å². The van der Waals surface area contributed by atoms with Crippen LogP contribution in [-0.2, 0) is 28.9 Å². The van der Waals surface area contributed by atoms with Gasteiger partial charge in [-0.3, -0.25) is 24.5 Å². The molecule has 0 bridgehead atoms. The lowest BCUT2D eigenvalue weighted by Crippen LogP contribution is -2.40. The fourth-order valence-corrected chi connectivity index (χ4v) is 9.75. The standard InChI is InChI=1S/C45H54FN6O8P/c1-27(2)39(28(3)4)61(58-24-12-23-47)60-38-35(59-43(36(38)46)52-26-48-37-40(52)49-44(51-42(37)54)50-41(53)29(5)6)25-57-45(30-13-10-9-11-14-30,31-15-19-33(55-7)20-16-31)32-17-21-34(56-8)22-18-32/h9-11,13-22,26-29,35-36,38-39,43H,12,24-25H2,1-8H3,(H2,49,50,51,53,54). The zero-order valence-electron chi connectivity index (χ0n) is 35.7. The molecule has 324 valence electrons. The second kappa shape index (κ2) is 20.1. The minimum Gasteiger partial charge on any atom is -0.497 e. The van der Waals surface area contributed by atoms with E-state index in [9.17, 15) is 14.9 Å². The van der Waals surface area contributed by atoms with Gasteiger partial charge in [-0.05, 0) is 52.8 Å². The maximum absolute atomic E-state index is 17.6. The van der Waals surface area contributed by atoms with Crippen LogP contribution in [0.1, 0.15) is 70.9 Å². The first kappa shape index (κ1) is 45.3. The smallest absolute Gasteiger partial charge is 0.280 e. The minimum atomic E-state index is -1.86. The van der Waals surface area contributed by atoms with Crippen LogP contribution in [0.25, 0.3) is 11.2 Å². The summed E-state index contributed by atoms with van der Waals surface area (Å²) in [4.78, 5) is 37.1. The number of imidazole rings is 1. The first-order valence-corrected chi connectivity index (χ1v) is 21.6. The molecule has 3 heterocycles. The molecular formula is C45H54FN6O8P. The van der Waals surface area contributed by atoms with Crippen molar-refractivity contribution < 1.29 is 37.2 Å². The molecule has 0 aliphatic carbocycles. The molecule has 0 spiro atoms. The van der Waals surface area contributed by atoms with Gasteiger partial charge in [0.2, 0.25) is 11.9 Å². The fraction of sp³-hybridized carbons (Fsp3) is 0.444. The van der Waals surface area contributed by atoms with Gasteiger partial charge in [-0.1, -0.05) is 96.1 Å². The molecule has 5 atom stereocenters. The van der Waals surface area contributed by atoms with E-state index in [0.29, 0.717) is 11.5 Å². The Balaban J connectivity index is 1.48. The lowest BCUT2D eigenvalue weighted by Gasteiger charge is -2.38. The maximum atomic E-state index is 17.6. The number of hydrogen-bond donors (Lipinski definition) is 2. The predicted octanol–water partition coefficient (Wildman–Crippen LogP) is 8.28. The number of aromatic amines is 1. The molecule has 0 saturated carbocycles. The van der Waals surface area contributed by atoms with Crippen molar-refractivity contribution in [2.45, 2.75) is 83.8 Å². The van der Waals surface area contributed by atoms with Crippen LogP contribution in [0.15, 0.2) is 90.0 Å². The van der Waals surface area contributed by atoms with Crippen LogP contribution in [-0.4, -0.2) is 76.9 Å². The highest BCUT2D eigenvalue weighted by atomic mass is 31.2. The molecule has 61 heavy (non-hydrogen) atoms. The molecule has 1 aliphatic heterocycles. The zero-order chi connectivity index (χ0) is 43.8. The Hall–Kier alpha value is -5.23. The van der Waals surface area contributed by atoms with Gasteiger partial charge in [-0.2, -0.15) is 10.2 Å². The van der Waals surface area contributed by atoms with E-state index in [0.717, 1.165) is 16.7 Å². The van der Waals surface area contributed by atoms with E-state index in [-0.39, 0.29) is 60.1 Å². The van der Waals surface area contributed by atoms with E-state index in [1.54, 1.807) is 28.1 Å². The van der Waals surface area contributed by atoms with E-state index in [4.69, 9.17) is 28.0 Å². The second-order valence-corrected chi connectivity index (χ2v) is 17.4. The molecule has 3 aromatic carbocycles. The molecule has 5 aromatic rings. The van der Waals surface area contributed by atoms with Crippen LogP contribution in [0.4, 0.5) is 10.3 Å². The summed E-state index contributed by atoms with van der Waals surface area (Å²) in [6, 6.07) is 26.9. The molecule has 1 aliphatic rings. The second-order valence-electron chi connectivity index (χ2n) is 15.8. The number of ether oxygens (including phenoxy) is 4. The van der Waals surface area contributed by atoms with Crippen molar-refractivity contribution in [3.05, 3.63) is 112 Å². The van der Waals surface area contributed by atoms with Gasteiger partial charge in [0, 0.05) is 11.6 Å². The summed E-state index contributed by atoms with van der Waals surface area (Å²) in [5.41, 5.74) is 0.206. The average Bonchev–Trinajstić information content (AvgIpc) is 3.81. The Bertz CT molecular complexity index is 2260. The predicted molar refractivity (Wildman–Crippen MR) is 230 cm³/mol. The molecule has 1 amide bonds. The number of benzene rings is 3. The van der Waals surface area contributed by atoms with Gasteiger partial charge in [0.05, 0.1) is 46.3 Å². The summed E-state index contributed by atoms with van der Waals surface area (Å²) in [5, 5.41) is 12.0. The number of carbonyl (C=O) groups excluding carboxylic acids is 1. The number of nitrogens with one attached hydrogen (secondary N) is 2. The van der Waals surface area contributed by atoms with Crippen molar-refractivity contribution in [1.29, 1.82) is 5.26 Å². The van der Waals surface area contributed by atoms with Crippen LogP contribution >= 0.6 is 8.38 Å². The number of hydrogen-bond acceptors (Lipinski definition) is 11. The monoisotopic (exact) mass is 856 g/mol. The minimum absolute atomic E-state index is 0.000597. The zero-order valence-corrected chi connectivity index (χ0v) is 36.6. The summed E-state index contributed by atoms with van der Waals surface area (Å²) in [7, 11) is 1.40. The number of methoxy groups -OCH3 is 2. The van der Waals surface area contributed by atoms with E-state index in [1.165, 1.54) is 10.9 Å². The first-order chi connectivity index (χ1) is 29.3. The molecule has 2 aromatic heterocycles. The third-order valence-electron chi connectivity index (χ3n) is 10.6. The quantitative estimate of drug-likeness (QED) is 0.0465. The first-order valence-electron chi connectivity index (χ1n) is 20.3. The van der Waals surface area contributed by atoms with E-state index < -0.39 is 50.1 Å². The summed E-state index contributed by atoms with van der Waals surface area (Å²) >= 11 is 0. The third-order valence-corrected chi connectivity index (χ3v) is 13.2. The third kappa shape index (κ3) is 9.80. The summed E-state index contributed by atoms with van der Waals surface area (Å²) in [6.45, 7) is 11.6. The van der Waals surface area contributed by atoms with Gasteiger partial charge in [-0.15, -0.1) is 0 Å². The highest BCUT2D eigenvalue weighted by Gasteiger charge is 2.51. The van der Waals surface area contributed by atoms with Crippen molar-refractivity contribution in [3.8, 4) is 17.6 Å². The van der Waals surface area contributed by atoms with Gasteiger partial charge >= 0.3 is 0 Å². The fourth-order valence-electron chi connectivity index (χ4n) is 7.64. The molecule has 1 saturated heterocycles. The lowest BCUT2D eigenvalue weighted by molar-refractivity contribution is -0.118. The van der Waals surface area contributed by atoms with Gasteiger partial charge in [0.25, 0.3) is 5.56 Å². The maximum Gasteiger partial charge on any atom is 0.280 e. The average molecular weight is 857 g/mol. The molecule has 6 rings (SSSR count). The molecule has 0 radical (unpaired) electrons. The Kier molecular flexibility index (Phi) is 14.9.